The van der Waals surface area contributed by atoms with Crippen LogP contribution in [-0.4, -0.2) is 46.5 Å². The molecule has 0 aliphatic heterocycles. The van der Waals surface area contributed by atoms with Crippen LogP contribution in [0.1, 0.15) is 20.3 Å². The lowest BCUT2D eigenvalue weighted by Gasteiger charge is -2.16. The number of hydrogen-bond acceptors (Lipinski definition) is 8. The highest BCUT2D eigenvalue weighted by atomic mass is 32.1. The second-order valence-corrected chi connectivity index (χ2v) is 10.0. The van der Waals surface area contributed by atoms with Crippen LogP contribution in [0.25, 0.3) is 55.3 Å². The van der Waals surface area contributed by atoms with Crippen LogP contribution in [0.2, 0.25) is 0 Å². The summed E-state index contributed by atoms with van der Waals surface area (Å²) in [6, 6.07) is 9.95. The number of H-pyrrole nitrogens is 2. The zero-order valence-electron chi connectivity index (χ0n) is 19.7. The van der Waals surface area contributed by atoms with Crippen LogP contribution in [-0.2, 0) is 0 Å². The molecule has 0 saturated heterocycles. The molecule has 0 fully saturated rings. The fourth-order valence-corrected chi connectivity index (χ4v) is 4.98. The van der Waals surface area contributed by atoms with Gasteiger partial charge in [0.05, 0.1) is 27.7 Å². The number of nitrogens with one attached hydrogen (secondary N) is 3. The summed E-state index contributed by atoms with van der Waals surface area (Å²) in [6.45, 7) is 4.15. The van der Waals surface area contributed by atoms with Gasteiger partial charge >= 0.3 is 0 Å². The Labute approximate surface area is 210 Å². The molecule has 9 nitrogen and oxygen atoms in total. The van der Waals surface area contributed by atoms with Gasteiger partial charge in [-0.1, -0.05) is 19.9 Å². The molecule has 0 spiro atoms. The number of pyridine rings is 3. The van der Waals surface area contributed by atoms with Gasteiger partial charge in [-0.25, -0.2) is 9.97 Å². The zero-order valence-corrected chi connectivity index (χ0v) is 20.5. The van der Waals surface area contributed by atoms with Crippen molar-refractivity contribution < 1.29 is 5.11 Å². The molecule has 1 atom stereocenters. The van der Waals surface area contributed by atoms with Crippen molar-refractivity contribution in [3.8, 4) is 33.2 Å². The molecule has 6 rings (SSSR count). The van der Waals surface area contributed by atoms with Gasteiger partial charge in [-0.2, -0.15) is 5.10 Å². The summed E-state index contributed by atoms with van der Waals surface area (Å²) >= 11 is 1.63. The number of aliphatic hydroxyl groups is 1. The third-order valence-electron chi connectivity index (χ3n) is 5.90. The summed E-state index contributed by atoms with van der Waals surface area (Å²) in [5.74, 6) is 1.02. The first-order valence-electron chi connectivity index (χ1n) is 11.7. The molecule has 0 saturated carbocycles. The molecule has 0 amide bonds. The van der Waals surface area contributed by atoms with Crippen LogP contribution in [0.3, 0.4) is 0 Å². The van der Waals surface area contributed by atoms with Crippen LogP contribution >= 0.6 is 11.3 Å². The number of anilines is 1. The van der Waals surface area contributed by atoms with Gasteiger partial charge in [0.25, 0.3) is 0 Å². The Kier molecular flexibility index (Phi) is 5.67. The van der Waals surface area contributed by atoms with E-state index in [-0.39, 0.29) is 0 Å². The minimum Gasteiger partial charge on any atom is -0.374 e. The van der Waals surface area contributed by atoms with E-state index in [2.05, 4.69) is 49.3 Å². The standard InChI is InChI=1S/C26H24N8OS/c1-14(2)8-21(35)30-17-9-15(11-27-13-17)16-10-18-22(33-34-25(18)29-12-16)26-31-19-5-6-28-24(23(19)32-26)20-4-3-7-36-20/h3-7,9-14,21,30,35H,8H2,1-2H3,(H,31,32)(H,29,33,34). The quantitative estimate of drug-likeness (QED) is 0.216. The van der Waals surface area contributed by atoms with Crippen molar-refractivity contribution in [3.05, 3.63) is 60.5 Å². The molecular formula is C26H24N8OS. The third-order valence-corrected chi connectivity index (χ3v) is 6.77. The first-order chi connectivity index (χ1) is 17.5. The fourth-order valence-electron chi connectivity index (χ4n) is 4.26. The SMILES string of the molecule is CC(C)CC(O)Nc1cncc(-c2cnc3[nH]nc(-c4nc5c(-c6cccs6)nccc5[nH]4)c3c2)c1. The highest BCUT2D eigenvalue weighted by molar-refractivity contribution is 7.13. The first kappa shape index (κ1) is 22.3. The molecule has 0 radical (unpaired) electrons. The Morgan fingerprint density at radius 1 is 1.06 bits per heavy atom. The summed E-state index contributed by atoms with van der Waals surface area (Å²) in [6.07, 6.45) is 7.07. The van der Waals surface area contributed by atoms with Crippen LogP contribution in [0.5, 0.6) is 0 Å². The Hall–Kier alpha value is -4.15. The van der Waals surface area contributed by atoms with Gasteiger partial charge in [-0.15, -0.1) is 11.3 Å². The predicted molar refractivity (Wildman–Crippen MR) is 142 cm³/mol. The third kappa shape index (κ3) is 4.21. The van der Waals surface area contributed by atoms with Gasteiger partial charge in [0.1, 0.15) is 23.1 Å². The van der Waals surface area contributed by atoms with Crippen molar-refractivity contribution in [3.63, 3.8) is 0 Å². The fraction of sp³-hybridized carbons (Fsp3) is 0.192. The molecule has 6 heterocycles. The average molecular weight is 497 g/mol. The number of hydrogen-bond donors (Lipinski definition) is 4. The molecular weight excluding hydrogens is 472 g/mol. The maximum atomic E-state index is 10.3. The van der Waals surface area contributed by atoms with Crippen LogP contribution in [0.15, 0.2) is 60.5 Å². The summed E-state index contributed by atoms with van der Waals surface area (Å²) in [5, 5.41) is 23.8. The largest absolute Gasteiger partial charge is 0.374 e. The minimum absolute atomic E-state index is 0.380. The van der Waals surface area contributed by atoms with E-state index in [1.54, 1.807) is 36.1 Å². The van der Waals surface area contributed by atoms with Crippen LogP contribution in [0.4, 0.5) is 5.69 Å². The van der Waals surface area contributed by atoms with Gasteiger partial charge in [0.15, 0.2) is 11.5 Å². The van der Waals surface area contributed by atoms with Gasteiger partial charge in [-0.05, 0) is 42.0 Å². The van der Waals surface area contributed by atoms with Gasteiger partial charge in [-0.3, -0.25) is 15.1 Å². The molecule has 0 bridgehead atoms. The van der Waals surface area contributed by atoms with Gasteiger partial charge in [0, 0.05) is 29.7 Å². The van der Waals surface area contributed by atoms with Crippen LogP contribution < -0.4 is 5.32 Å². The van der Waals surface area contributed by atoms with Crippen molar-refractivity contribution in [1.82, 2.24) is 35.1 Å². The Bertz CT molecular complexity index is 1650. The highest BCUT2D eigenvalue weighted by Gasteiger charge is 2.17. The summed E-state index contributed by atoms with van der Waals surface area (Å²) in [7, 11) is 0. The average Bonchev–Trinajstić information content (AvgIpc) is 3.62. The minimum atomic E-state index is -0.634. The maximum absolute atomic E-state index is 10.3. The second kappa shape index (κ2) is 9.14. The van der Waals surface area contributed by atoms with Gasteiger partial charge < -0.3 is 15.4 Å². The molecule has 6 aromatic heterocycles. The van der Waals surface area contributed by atoms with E-state index in [1.807, 2.05) is 35.7 Å². The number of nitrogens with zero attached hydrogens (tertiary/aromatic N) is 5. The molecule has 10 heteroatoms. The number of thiophene rings is 1. The van der Waals surface area contributed by atoms with Crippen molar-refractivity contribution in [1.29, 1.82) is 0 Å². The van der Waals surface area contributed by atoms with E-state index in [9.17, 15) is 5.11 Å². The Morgan fingerprint density at radius 3 is 2.78 bits per heavy atom. The lowest BCUT2D eigenvalue weighted by atomic mass is 10.1. The summed E-state index contributed by atoms with van der Waals surface area (Å²) in [5.41, 5.74) is 6.41. The molecule has 36 heavy (non-hydrogen) atoms. The first-order valence-corrected chi connectivity index (χ1v) is 12.6. The monoisotopic (exact) mass is 496 g/mol. The number of aromatic nitrogens is 7. The van der Waals surface area contributed by atoms with E-state index in [0.717, 1.165) is 43.8 Å². The van der Waals surface area contributed by atoms with E-state index in [4.69, 9.17) is 4.98 Å². The normalized spacial score (nSPS) is 12.6. The van der Waals surface area contributed by atoms with E-state index >= 15 is 0 Å². The zero-order chi connectivity index (χ0) is 24.6. The molecule has 0 aliphatic carbocycles. The Balaban J connectivity index is 1.37. The van der Waals surface area contributed by atoms with E-state index in [1.165, 1.54) is 0 Å². The predicted octanol–water partition coefficient (Wildman–Crippen LogP) is 5.46. The van der Waals surface area contributed by atoms with Crippen molar-refractivity contribution in [2.24, 2.45) is 5.92 Å². The number of aromatic amines is 2. The molecule has 1 unspecified atom stereocenters. The van der Waals surface area contributed by atoms with Crippen molar-refractivity contribution >= 4 is 39.1 Å². The molecule has 4 N–H and O–H groups in total. The summed E-state index contributed by atoms with van der Waals surface area (Å²) < 4.78 is 0. The Morgan fingerprint density at radius 2 is 1.94 bits per heavy atom. The van der Waals surface area contributed by atoms with E-state index < -0.39 is 6.23 Å². The topological polar surface area (TPSA) is 128 Å². The number of fused-ring (bicyclic) bond motifs is 2. The molecule has 0 aliphatic rings. The lowest BCUT2D eigenvalue weighted by Crippen LogP contribution is -2.20. The number of aliphatic hydroxyl groups excluding tert-OH is 1. The number of imidazole rings is 1. The molecule has 0 aromatic carbocycles. The second-order valence-electron chi connectivity index (χ2n) is 9.06. The van der Waals surface area contributed by atoms with Crippen molar-refractivity contribution in [2.45, 2.75) is 26.5 Å². The van der Waals surface area contributed by atoms with Crippen LogP contribution in [0, 0.1) is 5.92 Å². The smallest absolute Gasteiger partial charge is 0.159 e. The molecule has 180 valence electrons. The number of rotatable bonds is 7. The highest BCUT2D eigenvalue weighted by Crippen LogP contribution is 2.33. The maximum Gasteiger partial charge on any atom is 0.159 e. The van der Waals surface area contributed by atoms with Crippen molar-refractivity contribution in [2.75, 3.05) is 5.32 Å². The van der Waals surface area contributed by atoms with E-state index in [0.29, 0.717) is 29.5 Å². The van der Waals surface area contributed by atoms with Gasteiger partial charge in [0.2, 0.25) is 0 Å². The molecule has 6 aromatic rings. The summed E-state index contributed by atoms with van der Waals surface area (Å²) in [4.78, 5) is 22.8. The lowest BCUT2D eigenvalue weighted by molar-refractivity contribution is 0.176.